The van der Waals surface area contributed by atoms with Crippen molar-refractivity contribution in [3.05, 3.63) is 35.5 Å². The lowest BCUT2D eigenvalue weighted by Crippen LogP contribution is -2.00. The highest BCUT2D eigenvalue weighted by Crippen LogP contribution is 2.26. The summed E-state index contributed by atoms with van der Waals surface area (Å²) < 4.78 is 30.1. The lowest BCUT2D eigenvalue weighted by Gasteiger charge is -2.11. The number of hydrogen-bond donors (Lipinski definition) is 0. The highest BCUT2D eigenvalue weighted by Gasteiger charge is 2.12. The Morgan fingerprint density at radius 3 is 2.69 bits per heavy atom. The summed E-state index contributed by atoms with van der Waals surface area (Å²) in [6.45, 7) is 1.01. The van der Waals surface area contributed by atoms with Crippen LogP contribution < -0.4 is 4.74 Å². The molecule has 0 aliphatic heterocycles. The molecule has 0 unspecified atom stereocenters. The van der Waals surface area contributed by atoms with Gasteiger partial charge in [0.2, 0.25) is 0 Å². The van der Waals surface area contributed by atoms with Crippen molar-refractivity contribution in [1.82, 2.24) is 0 Å². The molecule has 0 N–H and O–H groups in total. The third kappa shape index (κ3) is 2.17. The summed E-state index contributed by atoms with van der Waals surface area (Å²) in [4.78, 5) is 0. The standard InChI is InChI=1S/C10H11F2O/c1-7(6-11)9-5-8(12)3-4-10(9)13-2/h3-5H,6H2,1-2H3. The van der Waals surface area contributed by atoms with E-state index in [1.165, 1.54) is 25.3 Å². The van der Waals surface area contributed by atoms with Crippen LogP contribution in [0, 0.1) is 11.7 Å². The molecule has 0 fully saturated rings. The molecule has 1 rings (SSSR count). The monoisotopic (exact) mass is 185 g/mol. The van der Waals surface area contributed by atoms with Gasteiger partial charge in [-0.25, -0.2) is 4.39 Å². The third-order valence-electron chi connectivity index (χ3n) is 1.82. The SMILES string of the molecule is COc1ccc(F)cc1[C](C)CF. The summed E-state index contributed by atoms with van der Waals surface area (Å²) in [5, 5.41) is 0. The molecular formula is C10H11F2O. The number of hydrogen-bond acceptors (Lipinski definition) is 1. The molecule has 0 aromatic heterocycles. The van der Waals surface area contributed by atoms with E-state index < -0.39 is 6.67 Å². The van der Waals surface area contributed by atoms with Gasteiger partial charge in [0.1, 0.15) is 11.6 Å². The molecule has 1 aromatic carbocycles. The molecule has 0 atom stereocenters. The molecule has 0 aliphatic carbocycles. The zero-order valence-electron chi connectivity index (χ0n) is 7.60. The Bertz CT molecular complexity index is 286. The van der Waals surface area contributed by atoms with Crippen molar-refractivity contribution in [3.63, 3.8) is 0 Å². The molecule has 0 amide bonds. The first kappa shape index (κ1) is 9.96. The molecule has 1 nitrogen and oxygen atoms in total. The molecule has 0 heterocycles. The molecule has 0 bridgehead atoms. The molecule has 1 aromatic rings. The van der Waals surface area contributed by atoms with E-state index in [4.69, 9.17) is 4.74 Å². The smallest absolute Gasteiger partial charge is 0.123 e. The quantitative estimate of drug-likeness (QED) is 0.703. The van der Waals surface area contributed by atoms with Crippen LogP contribution in [0.25, 0.3) is 0 Å². The van der Waals surface area contributed by atoms with Gasteiger partial charge in [0.15, 0.2) is 0 Å². The Kier molecular flexibility index (Phi) is 3.23. The molecular weight excluding hydrogens is 174 g/mol. The Hall–Kier alpha value is -1.12. The van der Waals surface area contributed by atoms with Crippen LogP contribution in [-0.4, -0.2) is 13.8 Å². The van der Waals surface area contributed by atoms with E-state index in [9.17, 15) is 8.78 Å². The third-order valence-corrected chi connectivity index (χ3v) is 1.82. The predicted octanol–water partition coefficient (Wildman–Crippen LogP) is 2.75. The van der Waals surface area contributed by atoms with E-state index >= 15 is 0 Å². The average Bonchev–Trinajstić information content (AvgIpc) is 2.16. The Labute approximate surface area is 76.3 Å². The number of halogens is 2. The second kappa shape index (κ2) is 4.21. The summed E-state index contributed by atoms with van der Waals surface area (Å²) >= 11 is 0. The van der Waals surface area contributed by atoms with Gasteiger partial charge in [-0.15, -0.1) is 0 Å². The molecule has 0 spiro atoms. The highest BCUT2D eigenvalue weighted by molar-refractivity contribution is 5.43. The lowest BCUT2D eigenvalue weighted by atomic mass is 10.0. The van der Waals surface area contributed by atoms with Crippen molar-refractivity contribution in [1.29, 1.82) is 0 Å². The van der Waals surface area contributed by atoms with Crippen molar-refractivity contribution in [2.75, 3.05) is 13.8 Å². The minimum absolute atomic E-state index is 0.386. The van der Waals surface area contributed by atoms with Crippen LogP contribution in [0.3, 0.4) is 0 Å². The van der Waals surface area contributed by atoms with Gasteiger partial charge in [-0.05, 0) is 18.2 Å². The van der Waals surface area contributed by atoms with Crippen LogP contribution in [0.15, 0.2) is 18.2 Å². The van der Waals surface area contributed by atoms with Gasteiger partial charge in [-0.1, -0.05) is 6.92 Å². The number of rotatable bonds is 3. The fourth-order valence-corrected chi connectivity index (χ4v) is 1.09. The van der Waals surface area contributed by atoms with E-state index in [1.54, 1.807) is 6.92 Å². The van der Waals surface area contributed by atoms with Gasteiger partial charge in [-0.3, -0.25) is 4.39 Å². The van der Waals surface area contributed by atoms with Crippen LogP contribution in [0.5, 0.6) is 5.75 Å². The average molecular weight is 185 g/mol. The normalized spacial score (nSPS) is 10.5. The van der Waals surface area contributed by atoms with Gasteiger partial charge in [-0.2, -0.15) is 0 Å². The van der Waals surface area contributed by atoms with Crippen molar-refractivity contribution in [3.8, 4) is 5.75 Å². The van der Waals surface area contributed by atoms with Crippen molar-refractivity contribution in [2.24, 2.45) is 0 Å². The second-order valence-corrected chi connectivity index (χ2v) is 2.76. The van der Waals surface area contributed by atoms with Gasteiger partial charge in [0.05, 0.1) is 13.8 Å². The summed E-state index contributed by atoms with van der Waals surface area (Å²) in [7, 11) is 1.47. The summed E-state index contributed by atoms with van der Waals surface area (Å²) in [5.74, 6) is 0.580. The minimum Gasteiger partial charge on any atom is -0.496 e. The summed E-state index contributed by atoms with van der Waals surface area (Å²) in [5.41, 5.74) is 0.491. The first-order valence-electron chi connectivity index (χ1n) is 3.91. The zero-order valence-corrected chi connectivity index (χ0v) is 7.60. The molecule has 0 aliphatic rings. The maximum absolute atomic E-state index is 12.8. The van der Waals surface area contributed by atoms with E-state index in [0.29, 0.717) is 17.2 Å². The maximum Gasteiger partial charge on any atom is 0.123 e. The van der Waals surface area contributed by atoms with Gasteiger partial charge in [0, 0.05) is 11.5 Å². The van der Waals surface area contributed by atoms with Crippen LogP contribution in [0.2, 0.25) is 0 Å². The predicted molar refractivity (Wildman–Crippen MR) is 46.9 cm³/mol. The Morgan fingerprint density at radius 1 is 1.46 bits per heavy atom. The van der Waals surface area contributed by atoms with Crippen LogP contribution >= 0.6 is 0 Å². The Morgan fingerprint density at radius 2 is 2.15 bits per heavy atom. The molecule has 0 saturated carbocycles. The number of methoxy groups -OCH3 is 1. The van der Waals surface area contributed by atoms with Crippen molar-refractivity contribution >= 4 is 0 Å². The summed E-state index contributed by atoms with van der Waals surface area (Å²) in [6.07, 6.45) is 0. The molecule has 1 radical (unpaired) electrons. The van der Waals surface area contributed by atoms with E-state index in [1.807, 2.05) is 0 Å². The zero-order chi connectivity index (χ0) is 9.84. The number of benzene rings is 1. The minimum atomic E-state index is -0.597. The van der Waals surface area contributed by atoms with Crippen LogP contribution in [-0.2, 0) is 0 Å². The van der Waals surface area contributed by atoms with E-state index in [-0.39, 0.29) is 5.82 Å². The topological polar surface area (TPSA) is 9.23 Å². The maximum atomic E-state index is 12.8. The molecule has 13 heavy (non-hydrogen) atoms. The summed E-state index contributed by atoms with van der Waals surface area (Å²) in [6, 6.07) is 4.05. The van der Waals surface area contributed by atoms with Gasteiger partial charge in [0.25, 0.3) is 0 Å². The lowest BCUT2D eigenvalue weighted by molar-refractivity contribution is 0.406. The van der Waals surface area contributed by atoms with E-state index in [0.717, 1.165) is 0 Å². The van der Waals surface area contributed by atoms with Gasteiger partial charge >= 0.3 is 0 Å². The van der Waals surface area contributed by atoms with Gasteiger partial charge < -0.3 is 4.74 Å². The number of ether oxygens (including phenoxy) is 1. The van der Waals surface area contributed by atoms with Crippen molar-refractivity contribution < 1.29 is 13.5 Å². The molecule has 71 valence electrons. The Balaban J connectivity index is 3.07. The second-order valence-electron chi connectivity index (χ2n) is 2.76. The number of alkyl halides is 1. The van der Waals surface area contributed by atoms with Crippen molar-refractivity contribution in [2.45, 2.75) is 6.92 Å². The largest absolute Gasteiger partial charge is 0.496 e. The molecule has 3 heteroatoms. The first-order chi connectivity index (χ1) is 6.19. The molecule has 0 saturated heterocycles. The fraction of sp³-hybridized carbons (Fsp3) is 0.300. The highest BCUT2D eigenvalue weighted by atomic mass is 19.1. The van der Waals surface area contributed by atoms with Crippen LogP contribution in [0.4, 0.5) is 8.78 Å². The van der Waals surface area contributed by atoms with Crippen LogP contribution in [0.1, 0.15) is 12.5 Å². The fourth-order valence-electron chi connectivity index (χ4n) is 1.09. The van der Waals surface area contributed by atoms with E-state index in [2.05, 4.69) is 0 Å². The first-order valence-corrected chi connectivity index (χ1v) is 3.91.